The van der Waals surface area contributed by atoms with Gasteiger partial charge in [0, 0.05) is 0 Å². The Hall–Kier alpha value is -3.22. The summed E-state index contributed by atoms with van der Waals surface area (Å²) in [6, 6.07) is 35.8. The fourth-order valence-electron chi connectivity index (χ4n) is 10.0. The van der Waals surface area contributed by atoms with Gasteiger partial charge < -0.3 is 0 Å². The van der Waals surface area contributed by atoms with Gasteiger partial charge in [-0.2, -0.15) is 0 Å². The molecule has 0 heterocycles. The molecule has 0 N–H and O–H groups in total. The Morgan fingerprint density at radius 1 is 0.528 bits per heavy atom. The first kappa shape index (κ1) is 36.7. The predicted molar refractivity (Wildman–Crippen MR) is 231 cm³/mol. The second-order valence-electron chi connectivity index (χ2n) is 16.6. The molecule has 0 radical (unpaired) electrons. The minimum absolute atomic E-state index is 0.00702. The van der Waals surface area contributed by atoms with Crippen LogP contribution < -0.4 is 0 Å². The van der Waals surface area contributed by atoms with Gasteiger partial charge in [0.2, 0.25) is 0 Å². The van der Waals surface area contributed by atoms with E-state index in [0.29, 0.717) is 11.8 Å². The number of halogens is 2. The van der Waals surface area contributed by atoms with Crippen LogP contribution in [0.4, 0.5) is 0 Å². The molecular weight excluding hydrogens is 763 g/mol. The first-order valence-corrected chi connectivity index (χ1v) is 30.4. The zero-order valence-electron chi connectivity index (χ0n) is 32.7. The number of hydrogen-bond donors (Lipinski definition) is 0. The average Bonchev–Trinajstić information content (AvgIpc) is 3.78. The first-order valence-electron chi connectivity index (χ1n) is 19.5. The fraction of sp³-hybridized carbons (Fsp3) is 0.280. The number of benzene rings is 6. The molecule has 2 aliphatic carbocycles. The fourth-order valence-corrected chi connectivity index (χ4v) is 28.5. The molecule has 0 bridgehead atoms. The Balaban J connectivity index is 1.43. The summed E-state index contributed by atoms with van der Waals surface area (Å²) in [5, 5.41) is 5.08. The van der Waals surface area contributed by atoms with Gasteiger partial charge in [-0.15, -0.1) is 0 Å². The Labute approximate surface area is 325 Å². The van der Waals surface area contributed by atoms with Gasteiger partial charge in [-0.3, -0.25) is 0 Å². The average molecular weight is 814 g/mol. The van der Waals surface area contributed by atoms with E-state index in [2.05, 4.69) is 172 Å². The summed E-state index contributed by atoms with van der Waals surface area (Å²) in [7, 11) is 17.7. The van der Waals surface area contributed by atoms with Crippen LogP contribution in [-0.2, 0) is 16.4 Å². The molecule has 53 heavy (non-hydrogen) atoms. The second-order valence-corrected chi connectivity index (χ2v) is 39.5. The molecule has 269 valence electrons. The number of allylic oxidation sites excluding steroid dienone is 2. The summed E-state index contributed by atoms with van der Waals surface area (Å²) in [6.45, 7) is 20.9. The van der Waals surface area contributed by atoms with Gasteiger partial charge in [0.05, 0.1) is 0 Å². The third-order valence-corrected chi connectivity index (χ3v) is 33.6. The van der Waals surface area contributed by atoms with Gasteiger partial charge in [0.15, 0.2) is 0 Å². The van der Waals surface area contributed by atoms with Crippen LogP contribution in [0.5, 0.6) is 0 Å². The van der Waals surface area contributed by atoms with Crippen LogP contribution in [0.15, 0.2) is 108 Å². The van der Waals surface area contributed by atoms with E-state index < -0.39 is 16.4 Å². The monoisotopic (exact) mass is 811 g/mol. The van der Waals surface area contributed by atoms with Crippen LogP contribution in [0.2, 0.25) is 4.13 Å². The Bertz CT molecular complexity index is 2360. The van der Waals surface area contributed by atoms with Gasteiger partial charge in [0.1, 0.15) is 0 Å². The Kier molecular flexibility index (Phi) is 9.17. The quantitative estimate of drug-likeness (QED) is 0.151. The molecule has 0 spiro atoms. The van der Waals surface area contributed by atoms with Gasteiger partial charge in [-0.05, 0) is 0 Å². The molecule has 0 amide bonds. The van der Waals surface area contributed by atoms with E-state index in [-0.39, 0.29) is 7.25 Å². The van der Waals surface area contributed by atoms with E-state index in [1.165, 1.54) is 99.5 Å². The molecule has 3 heteroatoms. The van der Waals surface area contributed by atoms with Crippen molar-refractivity contribution in [2.75, 3.05) is 0 Å². The van der Waals surface area contributed by atoms with Crippen LogP contribution in [0.1, 0.15) is 86.4 Å². The van der Waals surface area contributed by atoms with Gasteiger partial charge in [-0.25, -0.2) is 0 Å². The van der Waals surface area contributed by atoms with E-state index in [9.17, 15) is 0 Å². The molecule has 8 rings (SSSR count). The van der Waals surface area contributed by atoms with Crippen LogP contribution in [0, 0.1) is 39.5 Å². The van der Waals surface area contributed by atoms with Gasteiger partial charge in [-0.1, -0.05) is 0 Å². The minimum atomic E-state index is -5.11. The van der Waals surface area contributed by atoms with Crippen molar-refractivity contribution < 1.29 is 16.4 Å². The van der Waals surface area contributed by atoms with Crippen molar-refractivity contribution in [2.24, 2.45) is 11.8 Å². The van der Waals surface area contributed by atoms with E-state index in [1.54, 1.807) is 0 Å². The third-order valence-electron chi connectivity index (χ3n) is 13.1. The zero-order valence-corrected chi connectivity index (χ0v) is 36.6. The maximum absolute atomic E-state index is 8.85. The molecule has 6 aromatic carbocycles. The second kappa shape index (κ2) is 13.2. The van der Waals surface area contributed by atoms with Gasteiger partial charge >= 0.3 is 328 Å². The van der Waals surface area contributed by atoms with Crippen LogP contribution in [0.25, 0.3) is 56.0 Å². The normalized spacial score (nSPS) is 17.6. The SMILES string of the molecule is C[CH2][Zr]([Cl])([Cl])([CH]1C(C(C)C)=Cc2c(-c3cccc4ccccc34)cc(C)c(C)c21)[CH]1C(C(C)C)=Cc2c(-c3cccc4ccccc34)cc(C)c(C)c21. The molecule has 0 aliphatic heterocycles. The zero-order chi connectivity index (χ0) is 37.6. The van der Waals surface area contributed by atoms with Crippen molar-refractivity contribution in [1.29, 1.82) is 0 Å². The van der Waals surface area contributed by atoms with Crippen molar-refractivity contribution in [1.82, 2.24) is 0 Å². The van der Waals surface area contributed by atoms with E-state index >= 15 is 0 Å². The van der Waals surface area contributed by atoms with Crippen LogP contribution >= 0.6 is 17.0 Å². The van der Waals surface area contributed by atoms with E-state index in [0.717, 1.165) is 4.13 Å². The van der Waals surface area contributed by atoms with Crippen molar-refractivity contribution in [3.8, 4) is 22.3 Å². The number of rotatable bonds is 7. The molecule has 0 aromatic heterocycles. The molecule has 0 fully saturated rings. The molecule has 2 unspecified atom stereocenters. The third kappa shape index (κ3) is 5.54. The van der Waals surface area contributed by atoms with E-state index in [1.807, 2.05) is 0 Å². The molecule has 2 aliphatic rings. The summed E-state index contributed by atoms with van der Waals surface area (Å²) in [5.41, 5.74) is 18.6. The predicted octanol–water partition coefficient (Wildman–Crippen LogP) is 15.9. The van der Waals surface area contributed by atoms with Crippen LogP contribution in [0.3, 0.4) is 0 Å². The summed E-state index contributed by atoms with van der Waals surface area (Å²) in [4.78, 5) is 0. The number of aryl methyl sites for hydroxylation is 2. The standard InChI is InChI=1S/2C24H23.C2H5.2ClH.Zr/c2*1-15(2)19-13-22-17(4)16(3)12-23(24(22)14-19)21-11-7-9-18-8-5-6-10-20(18)21;1-2;;;/h2*5-15H,1-4H3;1H2,2H3;2*1H;/q;;;;;+2/p-2. The molecule has 0 saturated heterocycles. The summed E-state index contributed by atoms with van der Waals surface area (Å²) >= 11 is -5.11. The number of fused-ring (bicyclic) bond motifs is 4. The van der Waals surface area contributed by atoms with Crippen LogP contribution in [-0.4, -0.2) is 0 Å². The molecule has 0 nitrogen and oxygen atoms in total. The van der Waals surface area contributed by atoms with Crippen molar-refractivity contribution >= 4 is 50.7 Å². The topological polar surface area (TPSA) is 0 Å². The Morgan fingerprint density at radius 3 is 1.28 bits per heavy atom. The van der Waals surface area contributed by atoms with E-state index in [4.69, 9.17) is 17.0 Å². The number of hydrogen-bond acceptors (Lipinski definition) is 0. The van der Waals surface area contributed by atoms with Gasteiger partial charge in [0.25, 0.3) is 0 Å². The molecule has 0 saturated carbocycles. The molecule has 6 aromatic rings. The first-order chi connectivity index (χ1) is 25.3. The molecular formula is C50H51Cl2Zr. The summed E-state index contributed by atoms with van der Waals surface area (Å²) in [6.07, 6.45) is 5.03. The Morgan fingerprint density at radius 2 is 0.906 bits per heavy atom. The maximum atomic E-state index is 8.85. The van der Waals surface area contributed by atoms with Crippen molar-refractivity contribution in [2.45, 2.75) is 73.7 Å². The van der Waals surface area contributed by atoms with Crippen molar-refractivity contribution in [3.05, 3.63) is 153 Å². The molecule has 2 atom stereocenters. The summed E-state index contributed by atoms with van der Waals surface area (Å²) < 4.78 is 0.778. The summed E-state index contributed by atoms with van der Waals surface area (Å²) in [5.74, 6) is 0.586. The van der Waals surface area contributed by atoms with Crippen molar-refractivity contribution in [3.63, 3.8) is 0 Å².